The van der Waals surface area contributed by atoms with Gasteiger partial charge in [-0.25, -0.2) is 4.98 Å². The summed E-state index contributed by atoms with van der Waals surface area (Å²) in [5.41, 5.74) is 0.334. The lowest BCUT2D eigenvalue weighted by molar-refractivity contribution is 0.498. The van der Waals surface area contributed by atoms with Crippen molar-refractivity contribution in [2.45, 2.75) is 25.4 Å². The highest BCUT2D eigenvalue weighted by molar-refractivity contribution is 6.35. The van der Waals surface area contributed by atoms with Gasteiger partial charge in [0.15, 0.2) is 0 Å². The molecule has 0 spiro atoms. The van der Waals surface area contributed by atoms with Gasteiger partial charge in [0.2, 0.25) is 5.28 Å². The molecule has 2 heterocycles. The van der Waals surface area contributed by atoms with Crippen molar-refractivity contribution in [1.82, 2.24) is 14.9 Å². The van der Waals surface area contributed by atoms with Crippen LogP contribution in [0.5, 0.6) is 0 Å². The monoisotopic (exact) mass is 297 g/mol. The maximum absolute atomic E-state index is 12.4. The van der Waals surface area contributed by atoms with Crippen molar-refractivity contribution in [3.63, 3.8) is 0 Å². The van der Waals surface area contributed by atoms with Crippen LogP contribution in [-0.4, -0.2) is 22.1 Å². The third-order valence-electron chi connectivity index (χ3n) is 3.45. The molecule has 1 unspecified atom stereocenters. The zero-order chi connectivity index (χ0) is 13.4. The molecular formula is C13H13Cl2N3O. The van der Waals surface area contributed by atoms with E-state index in [2.05, 4.69) is 10.3 Å². The summed E-state index contributed by atoms with van der Waals surface area (Å²) in [6, 6.07) is 5.47. The second-order valence-electron chi connectivity index (χ2n) is 4.73. The summed E-state index contributed by atoms with van der Waals surface area (Å²) in [5.74, 6) is 0. The fraction of sp³-hybridized carbons (Fsp3) is 0.385. The van der Waals surface area contributed by atoms with Crippen LogP contribution in [-0.2, 0) is 6.54 Å². The topological polar surface area (TPSA) is 46.9 Å². The Morgan fingerprint density at radius 1 is 1.42 bits per heavy atom. The molecule has 1 N–H and O–H groups in total. The third-order valence-corrected chi connectivity index (χ3v) is 4.05. The van der Waals surface area contributed by atoms with Crippen molar-refractivity contribution in [3.05, 3.63) is 38.9 Å². The summed E-state index contributed by atoms with van der Waals surface area (Å²) < 4.78 is 1.52. The van der Waals surface area contributed by atoms with E-state index in [-0.39, 0.29) is 16.9 Å². The molecule has 1 aromatic heterocycles. The first-order valence-electron chi connectivity index (χ1n) is 6.25. The normalized spacial score (nSPS) is 19.2. The van der Waals surface area contributed by atoms with Gasteiger partial charge in [-0.05, 0) is 43.1 Å². The molecule has 1 aliphatic heterocycles. The Balaban J connectivity index is 2.12. The van der Waals surface area contributed by atoms with Crippen LogP contribution >= 0.6 is 23.2 Å². The molecule has 4 nitrogen and oxygen atoms in total. The predicted octanol–water partition coefficient (Wildman–Crippen LogP) is 2.46. The molecule has 0 bridgehead atoms. The Labute approximate surface area is 120 Å². The molecule has 1 aliphatic rings. The molecule has 3 rings (SSSR count). The molecule has 1 fully saturated rings. The molecule has 0 aliphatic carbocycles. The van der Waals surface area contributed by atoms with Gasteiger partial charge in [0, 0.05) is 12.6 Å². The molecule has 0 amide bonds. The highest BCUT2D eigenvalue weighted by Crippen LogP contribution is 2.21. The summed E-state index contributed by atoms with van der Waals surface area (Å²) in [7, 11) is 0. The van der Waals surface area contributed by atoms with Crippen molar-refractivity contribution >= 4 is 34.1 Å². The molecular weight excluding hydrogens is 285 g/mol. The van der Waals surface area contributed by atoms with Gasteiger partial charge in [-0.3, -0.25) is 9.36 Å². The number of nitrogens with zero attached hydrogens (tertiary/aromatic N) is 2. The number of aromatic nitrogens is 2. The van der Waals surface area contributed by atoms with E-state index in [9.17, 15) is 4.79 Å². The van der Waals surface area contributed by atoms with E-state index in [1.165, 1.54) is 4.57 Å². The fourth-order valence-electron chi connectivity index (χ4n) is 2.47. The minimum absolute atomic E-state index is 0.133. The molecule has 100 valence electrons. The predicted molar refractivity (Wildman–Crippen MR) is 77.0 cm³/mol. The Morgan fingerprint density at radius 2 is 2.26 bits per heavy atom. The van der Waals surface area contributed by atoms with Crippen molar-refractivity contribution in [2.75, 3.05) is 6.54 Å². The Hall–Kier alpha value is -1.10. The number of benzene rings is 1. The van der Waals surface area contributed by atoms with E-state index in [0.717, 1.165) is 19.4 Å². The summed E-state index contributed by atoms with van der Waals surface area (Å²) >= 11 is 12.2. The summed E-state index contributed by atoms with van der Waals surface area (Å²) in [4.78, 5) is 16.7. The number of hydrogen-bond acceptors (Lipinski definition) is 3. The number of fused-ring (bicyclic) bond motifs is 1. The van der Waals surface area contributed by atoms with Crippen molar-refractivity contribution in [3.8, 4) is 0 Å². The zero-order valence-corrected chi connectivity index (χ0v) is 11.7. The van der Waals surface area contributed by atoms with Gasteiger partial charge in [-0.15, -0.1) is 0 Å². The van der Waals surface area contributed by atoms with Crippen LogP contribution in [0.2, 0.25) is 10.3 Å². The van der Waals surface area contributed by atoms with Crippen LogP contribution in [0, 0.1) is 0 Å². The molecule has 19 heavy (non-hydrogen) atoms. The molecule has 2 aromatic rings. The van der Waals surface area contributed by atoms with E-state index in [1.54, 1.807) is 18.2 Å². The quantitative estimate of drug-likeness (QED) is 0.866. The van der Waals surface area contributed by atoms with Crippen LogP contribution in [0.3, 0.4) is 0 Å². The standard InChI is InChI=1S/C13H13Cl2N3O/c14-10-5-1-4-9-11(10)17-13(15)18(12(9)19)7-8-3-2-6-16-8/h1,4-5,8,16H,2-3,6-7H2. The zero-order valence-electron chi connectivity index (χ0n) is 10.2. The van der Waals surface area contributed by atoms with Gasteiger partial charge in [-0.1, -0.05) is 17.7 Å². The summed E-state index contributed by atoms with van der Waals surface area (Å²) in [6.07, 6.45) is 2.18. The lowest BCUT2D eigenvalue weighted by Gasteiger charge is -2.14. The van der Waals surface area contributed by atoms with Crippen LogP contribution in [0.25, 0.3) is 10.9 Å². The SMILES string of the molecule is O=c1c2cccc(Cl)c2nc(Cl)n1CC1CCCN1. The molecule has 1 atom stereocenters. The second-order valence-corrected chi connectivity index (χ2v) is 5.47. The number of hydrogen-bond donors (Lipinski definition) is 1. The highest BCUT2D eigenvalue weighted by Gasteiger charge is 2.18. The first kappa shape index (κ1) is 12.9. The maximum atomic E-state index is 12.4. The molecule has 1 saturated heterocycles. The Bertz CT molecular complexity index is 677. The van der Waals surface area contributed by atoms with Crippen molar-refractivity contribution < 1.29 is 0 Å². The molecule has 6 heteroatoms. The number of nitrogens with one attached hydrogen (secondary N) is 1. The molecule has 1 aromatic carbocycles. The first-order chi connectivity index (χ1) is 9.16. The number of halogens is 2. The minimum Gasteiger partial charge on any atom is -0.312 e. The summed E-state index contributed by atoms with van der Waals surface area (Å²) in [5, 5.41) is 4.50. The number of rotatable bonds is 2. The maximum Gasteiger partial charge on any atom is 0.262 e. The summed E-state index contributed by atoms with van der Waals surface area (Å²) in [6.45, 7) is 1.54. The van der Waals surface area contributed by atoms with Gasteiger partial charge in [0.1, 0.15) is 0 Å². The average molecular weight is 298 g/mol. The van der Waals surface area contributed by atoms with Gasteiger partial charge < -0.3 is 5.32 Å². The van der Waals surface area contributed by atoms with Gasteiger partial charge >= 0.3 is 0 Å². The fourth-order valence-corrected chi connectivity index (χ4v) is 2.92. The van der Waals surface area contributed by atoms with E-state index in [4.69, 9.17) is 23.2 Å². The average Bonchev–Trinajstić information content (AvgIpc) is 2.89. The Kier molecular flexibility index (Phi) is 3.48. The third kappa shape index (κ3) is 2.36. The van der Waals surface area contributed by atoms with Crippen LogP contribution in [0.4, 0.5) is 0 Å². The number of para-hydroxylation sites is 1. The van der Waals surface area contributed by atoms with Gasteiger partial charge in [0.05, 0.1) is 15.9 Å². The van der Waals surface area contributed by atoms with Crippen molar-refractivity contribution in [2.24, 2.45) is 0 Å². The van der Waals surface area contributed by atoms with Crippen LogP contribution < -0.4 is 10.9 Å². The van der Waals surface area contributed by atoms with Crippen LogP contribution in [0.15, 0.2) is 23.0 Å². The lowest BCUT2D eigenvalue weighted by Crippen LogP contribution is -2.33. The molecule has 0 radical (unpaired) electrons. The van der Waals surface area contributed by atoms with Gasteiger partial charge in [-0.2, -0.15) is 0 Å². The Morgan fingerprint density at radius 3 is 3.00 bits per heavy atom. The minimum atomic E-state index is -0.133. The molecule has 0 saturated carbocycles. The van der Waals surface area contributed by atoms with E-state index < -0.39 is 0 Å². The van der Waals surface area contributed by atoms with Crippen molar-refractivity contribution in [1.29, 1.82) is 0 Å². The smallest absolute Gasteiger partial charge is 0.262 e. The highest BCUT2D eigenvalue weighted by atomic mass is 35.5. The largest absolute Gasteiger partial charge is 0.312 e. The van der Waals surface area contributed by atoms with E-state index in [0.29, 0.717) is 22.5 Å². The van der Waals surface area contributed by atoms with E-state index in [1.807, 2.05) is 0 Å². The van der Waals surface area contributed by atoms with Crippen LogP contribution in [0.1, 0.15) is 12.8 Å². The van der Waals surface area contributed by atoms with E-state index >= 15 is 0 Å². The van der Waals surface area contributed by atoms with Gasteiger partial charge in [0.25, 0.3) is 5.56 Å². The lowest BCUT2D eigenvalue weighted by atomic mass is 10.2. The second kappa shape index (κ2) is 5.12. The first-order valence-corrected chi connectivity index (χ1v) is 7.00.